The summed E-state index contributed by atoms with van der Waals surface area (Å²) in [7, 11) is 1.45. The van der Waals surface area contributed by atoms with Crippen molar-refractivity contribution in [3.05, 3.63) is 0 Å². The molecule has 1 aliphatic heterocycles. The summed E-state index contributed by atoms with van der Waals surface area (Å²) in [6.07, 6.45) is 2.06. The molecular formula is C15H30N2O3. The first-order valence-electron chi connectivity index (χ1n) is 7.57. The molecule has 1 saturated heterocycles. The van der Waals surface area contributed by atoms with Crippen LogP contribution in [0, 0.1) is 0 Å². The Morgan fingerprint density at radius 3 is 2.80 bits per heavy atom. The zero-order valence-electron chi connectivity index (χ0n) is 13.6. The van der Waals surface area contributed by atoms with E-state index in [0.29, 0.717) is 6.10 Å². The first-order chi connectivity index (χ1) is 9.37. The molecule has 1 aliphatic rings. The summed E-state index contributed by atoms with van der Waals surface area (Å²) in [4.78, 5) is 14.4. The molecule has 2 unspecified atom stereocenters. The number of morpholine rings is 1. The van der Waals surface area contributed by atoms with Crippen molar-refractivity contribution in [2.24, 2.45) is 0 Å². The number of nitrogens with zero attached hydrogens (tertiary/aromatic N) is 1. The molecule has 1 heterocycles. The lowest BCUT2D eigenvalue weighted by molar-refractivity contribution is -0.148. The maximum absolute atomic E-state index is 12.0. The second kappa shape index (κ2) is 7.96. The maximum Gasteiger partial charge on any atom is 0.325 e. The van der Waals surface area contributed by atoms with Gasteiger partial charge in [0, 0.05) is 19.1 Å². The number of hydrogen-bond donors (Lipinski definition) is 1. The van der Waals surface area contributed by atoms with Gasteiger partial charge in [-0.25, -0.2) is 0 Å². The molecule has 20 heavy (non-hydrogen) atoms. The van der Waals surface area contributed by atoms with Crippen LogP contribution in [0.3, 0.4) is 0 Å². The fraction of sp³-hybridized carbons (Fsp3) is 0.933. The second-order valence-corrected chi connectivity index (χ2v) is 6.21. The number of ether oxygens (including phenoxy) is 2. The van der Waals surface area contributed by atoms with Crippen LogP contribution in [0.1, 0.15) is 40.5 Å². The minimum absolute atomic E-state index is 0.179. The first-order valence-corrected chi connectivity index (χ1v) is 7.57. The van der Waals surface area contributed by atoms with Gasteiger partial charge in [0.15, 0.2) is 0 Å². The Hall–Kier alpha value is -0.650. The molecule has 0 aromatic rings. The first kappa shape index (κ1) is 17.4. The zero-order valence-corrected chi connectivity index (χ0v) is 13.6. The van der Waals surface area contributed by atoms with E-state index in [1.165, 1.54) is 7.11 Å². The molecule has 2 atom stereocenters. The molecule has 0 aromatic carbocycles. The van der Waals surface area contributed by atoms with E-state index in [1.54, 1.807) is 0 Å². The van der Waals surface area contributed by atoms with Crippen LogP contribution in [0.5, 0.6) is 0 Å². The monoisotopic (exact) mass is 286 g/mol. The van der Waals surface area contributed by atoms with Gasteiger partial charge in [0.05, 0.1) is 19.8 Å². The van der Waals surface area contributed by atoms with Gasteiger partial charge in [-0.3, -0.25) is 15.0 Å². The van der Waals surface area contributed by atoms with E-state index in [9.17, 15) is 4.79 Å². The third-order valence-electron chi connectivity index (χ3n) is 3.72. The summed E-state index contributed by atoms with van der Waals surface area (Å²) in [5.74, 6) is -0.179. The van der Waals surface area contributed by atoms with Crippen molar-refractivity contribution in [3.8, 4) is 0 Å². The van der Waals surface area contributed by atoms with Gasteiger partial charge in [-0.2, -0.15) is 0 Å². The zero-order chi connectivity index (χ0) is 15.2. The predicted molar refractivity (Wildman–Crippen MR) is 79.8 cm³/mol. The quantitative estimate of drug-likeness (QED) is 0.717. The number of carbonyl (C=O) groups excluding carboxylic acids is 1. The Morgan fingerprint density at radius 1 is 1.55 bits per heavy atom. The van der Waals surface area contributed by atoms with Crippen LogP contribution in [0.2, 0.25) is 0 Å². The fourth-order valence-electron chi connectivity index (χ4n) is 2.85. The molecular weight excluding hydrogens is 256 g/mol. The Kier molecular flexibility index (Phi) is 6.92. The third-order valence-corrected chi connectivity index (χ3v) is 3.72. The SMILES string of the molecule is COC(=O)C(C)(CCCN1CCOC(C)C1)NC(C)C. The molecule has 5 heteroatoms. The predicted octanol–water partition coefficient (Wildman–Crippen LogP) is 1.42. The summed E-state index contributed by atoms with van der Waals surface area (Å²) in [5.41, 5.74) is -0.596. The minimum atomic E-state index is -0.596. The van der Waals surface area contributed by atoms with E-state index in [0.717, 1.165) is 39.1 Å². The lowest BCUT2D eigenvalue weighted by Crippen LogP contribution is -2.53. The largest absolute Gasteiger partial charge is 0.468 e. The van der Waals surface area contributed by atoms with Gasteiger partial charge in [0.2, 0.25) is 0 Å². The second-order valence-electron chi connectivity index (χ2n) is 6.21. The van der Waals surface area contributed by atoms with Crippen molar-refractivity contribution in [3.63, 3.8) is 0 Å². The number of methoxy groups -OCH3 is 1. The van der Waals surface area contributed by atoms with Gasteiger partial charge >= 0.3 is 5.97 Å². The Labute approximate surface area is 123 Å². The standard InChI is InChI=1S/C15H30N2O3/c1-12(2)16-15(4,14(18)19-5)7-6-8-17-9-10-20-13(3)11-17/h12-13,16H,6-11H2,1-5H3. The molecule has 0 saturated carbocycles. The highest BCUT2D eigenvalue weighted by atomic mass is 16.5. The molecule has 5 nitrogen and oxygen atoms in total. The Balaban J connectivity index is 2.43. The molecule has 1 N–H and O–H groups in total. The van der Waals surface area contributed by atoms with Gasteiger partial charge in [-0.1, -0.05) is 0 Å². The van der Waals surface area contributed by atoms with Crippen LogP contribution in [-0.2, 0) is 14.3 Å². The van der Waals surface area contributed by atoms with E-state index >= 15 is 0 Å². The minimum Gasteiger partial charge on any atom is -0.468 e. The highest BCUT2D eigenvalue weighted by Gasteiger charge is 2.34. The van der Waals surface area contributed by atoms with Gasteiger partial charge in [-0.15, -0.1) is 0 Å². The van der Waals surface area contributed by atoms with Gasteiger partial charge in [0.1, 0.15) is 5.54 Å². The van der Waals surface area contributed by atoms with Crippen LogP contribution in [0.15, 0.2) is 0 Å². The summed E-state index contributed by atoms with van der Waals surface area (Å²) >= 11 is 0. The van der Waals surface area contributed by atoms with Crippen molar-refractivity contribution in [2.45, 2.75) is 58.2 Å². The summed E-state index contributed by atoms with van der Waals surface area (Å²) < 4.78 is 10.5. The van der Waals surface area contributed by atoms with Crippen molar-refractivity contribution < 1.29 is 14.3 Å². The number of nitrogens with one attached hydrogen (secondary N) is 1. The number of carbonyl (C=O) groups is 1. The molecule has 0 bridgehead atoms. The van der Waals surface area contributed by atoms with Crippen LogP contribution >= 0.6 is 0 Å². The van der Waals surface area contributed by atoms with E-state index in [1.807, 2.05) is 20.8 Å². The van der Waals surface area contributed by atoms with Crippen molar-refractivity contribution in [1.82, 2.24) is 10.2 Å². The van der Waals surface area contributed by atoms with E-state index in [-0.39, 0.29) is 12.0 Å². The third kappa shape index (κ3) is 5.38. The maximum atomic E-state index is 12.0. The number of hydrogen-bond acceptors (Lipinski definition) is 5. The highest BCUT2D eigenvalue weighted by Crippen LogP contribution is 2.17. The average molecular weight is 286 g/mol. The van der Waals surface area contributed by atoms with Crippen molar-refractivity contribution in [1.29, 1.82) is 0 Å². The normalized spacial score (nSPS) is 23.6. The molecule has 0 aromatic heterocycles. The fourth-order valence-corrected chi connectivity index (χ4v) is 2.85. The van der Waals surface area contributed by atoms with E-state index in [4.69, 9.17) is 9.47 Å². The van der Waals surface area contributed by atoms with E-state index in [2.05, 4.69) is 17.1 Å². The summed E-state index contributed by atoms with van der Waals surface area (Å²) in [5, 5.41) is 3.34. The molecule has 0 radical (unpaired) electrons. The number of rotatable bonds is 7. The molecule has 1 fully saturated rings. The van der Waals surface area contributed by atoms with Crippen molar-refractivity contribution in [2.75, 3.05) is 33.4 Å². The summed E-state index contributed by atoms with van der Waals surface area (Å²) in [6, 6.07) is 0.252. The lowest BCUT2D eigenvalue weighted by Gasteiger charge is -2.33. The molecule has 1 rings (SSSR count). The topological polar surface area (TPSA) is 50.8 Å². The van der Waals surface area contributed by atoms with Crippen LogP contribution < -0.4 is 5.32 Å². The van der Waals surface area contributed by atoms with Crippen LogP contribution in [-0.4, -0.2) is 61.9 Å². The van der Waals surface area contributed by atoms with Gasteiger partial charge in [-0.05, 0) is 47.1 Å². The van der Waals surface area contributed by atoms with Crippen LogP contribution in [0.25, 0.3) is 0 Å². The van der Waals surface area contributed by atoms with E-state index < -0.39 is 5.54 Å². The average Bonchev–Trinajstić information content (AvgIpc) is 2.37. The Bertz CT molecular complexity index is 309. The molecule has 0 spiro atoms. The Morgan fingerprint density at radius 2 is 2.25 bits per heavy atom. The van der Waals surface area contributed by atoms with Gasteiger partial charge in [0.25, 0.3) is 0 Å². The molecule has 0 aliphatic carbocycles. The van der Waals surface area contributed by atoms with Crippen LogP contribution in [0.4, 0.5) is 0 Å². The highest BCUT2D eigenvalue weighted by molar-refractivity contribution is 5.80. The molecule has 0 amide bonds. The number of esters is 1. The van der Waals surface area contributed by atoms with Crippen molar-refractivity contribution >= 4 is 5.97 Å². The summed E-state index contributed by atoms with van der Waals surface area (Å²) in [6.45, 7) is 11.9. The molecule has 118 valence electrons. The lowest BCUT2D eigenvalue weighted by atomic mass is 9.94. The van der Waals surface area contributed by atoms with Gasteiger partial charge < -0.3 is 9.47 Å². The smallest absolute Gasteiger partial charge is 0.325 e.